The van der Waals surface area contributed by atoms with Crippen LogP contribution in [-0.4, -0.2) is 25.7 Å². The Morgan fingerprint density at radius 3 is 2.38 bits per heavy atom. The molecule has 0 aromatic heterocycles. The Bertz CT molecular complexity index is 785. The lowest BCUT2D eigenvalue weighted by molar-refractivity contribution is -0.137. The molecule has 140 valence electrons. The molecule has 0 aliphatic rings. The molecule has 0 aliphatic heterocycles. The lowest BCUT2D eigenvalue weighted by atomic mass is 9.99. The van der Waals surface area contributed by atoms with E-state index in [4.69, 9.17) is 4.74 Å². The van der Waals surface area contributed by atoms with Gasteiger partial charge in [-0.1, -0.05) is 64.1 Å². The van der Waals surface area contributed by atoms with Gasteiger partial charge in [0, 0.05) is 6.08 Å². The summed E-state index contributed by atoms with van der Waals surface area (Å²) in [5, 5.41) is 2.30. The van der Waals surface area contributed by atoms with E-state index < -0.39 is 8.32 Å². The molecule has 26 heavy (non-hydrogen) atoms. The molecule has 0 saturated heterocycles. The molecule has 0 unspecified atom stereocenters. The van der Waals surface area contributed by atoms with Crippen LogP contribution in [0.5, 0.6) is 0 Å². The summed E-state index contributed by atoms with van der Waals surface area (Å²) in [6, 6.07) is 13.0. The topological polar surface area (TPSA) is 46.5 Å². The fourth-order valence-corrected chi connectivity index (χ4v) is 6.52. The molecule has 0 radical (unpaired) electrons. The maximum atomic E-state index is 11.7. The maximum Gasteiger partial charge on any atom is 0.330 e. The van der Waals surface area contributed by atoms with Gasteiger partial charge in [0.05, 0.1) is 6.61 Å². The predicted octanol–water partition coefficient (Wildman–Crippen LogP) is 5.26. The minimum Gasteiger partial charge on any atom is -0.463 e. The van der Waals surface area contributed by atoms with Crippen LogP contribution in [-0.2, 0) is 15.6 Å². The number of esters is 1. The minimum atomic E-state index is -2.52. The van der Waals surface area contributed by atoms with Crippen molar-refractivity contribution in [1.82, 2.24) is 0 Å². The average Bonchev–Trinajstić information content (AvgIpc) is 2.60. The van der Waals surface area contributed by atoms with E-state index in [9.17, 15) is 9.59 Å². The second-order valence-corrected chi connectivity index (χ2v) is 12.1. The summed E-state index contributed by atoms with van der Waals surface area (Å²) in [6.07, 6.45) is 3.29. The van der Waals surface area contributed by atoms with Crippen molar-refractivity contribution in [1.29, 1.82) is 0 Å². The number of fused-ring (bicyclic) bond motifs is 1. The van der Waals surface area contributed by atoms with Gasteiger partial charge in [0.2, 0.25) is 0 Å². The third kappa shape index (κ3) is 4.43. The number of carbonyl (C=O) groups is 1. The van der Waals surface area contributed by atoms with Crippen LogP contribution < -0.4 is 0 Å². The molecule has 0 heterocycles. The van der Waals surface area contributed by atoms with Crippen molar-refractivity contribution in [2.24, 2.45) is 0 Å². The smallest absolute Gasteiger partial charge is 0.330 e. The van der Waals surface area contributed by atoms with E-state index in [-0.39, 0.29) is 17.1 Å². The van der Waals surface area contributed by atoms with Gasteiger partial charge < -0.3 is 9.53 Å². The molecular formula is C22H30O3Si. The molecular weight excluding hydrogens is 340 g/mol. The molecule has 3 nitrogen and oxygen atoms in total. The van der Waals surface area contributed by atoms with E-state index >= 15 is 0 Å². The number of hydrogen-bond acceptors (Lipinski definition) is 3. The zero-order valence-corrected chi connectivity index (χ0v) is 17.5. The Kier molecular flexibility index (Phi) is 6.79. The lowest BCUT2D eigenvalue weighted by Crippen LogP contribution is -2.44. The zero-order chi connectivity index (χ0) is 19.3. The van der Waals surface area contributed by atoms with Crippen LogP contribution in [0.3, 0.4) is 0 Å². The van der Waals surface area contributed by atoms with Gasteiger partial charge in [-0.2, -0.15) is 0 Å². The minimum absolute atomic E-state index is 0.253. The van der Waals surface area contributed by atoms with Crippen molar-refractivity contribution in [2.45, 2.75) is 51.7 Å². The SMILES string of the molecule is CCOC(=O)/C=C\c1ccc2ccccc2c1C[Si](O)(C(C)C)C(C)C. The van der Waals surface area contributed by atoms with E-state index in [0.717, 1.165) is 21.9 Å². The fraction of sp³-hybridized carbons (Fsp3) is 0.409. The highest BCUT2D eigenvalue weighted by molar-refractivity contribution is 6.74. The Labute approximate surface area is 157 Å². The van der Waals surface area contributed by atoms with Gasteiger partial charge in [0.1, 0.15) is 0 Å². The average molecular weight is 371 g/mol. The summed E-state index contributed by atoms with van der Waals surface area (Å²) in [4.78, 5) is 23.2. The first-order valence-corrected chi connectivity index (χ1v) is 11.7. The molecule has 2 rings (SSSR count). The molecule has 0 aliphatic carbocycles. The van der Waals surface area contributed by atoms with Crippen LogP contribution in [0, 0.1) is 0 Å². The van der Waals surface area contributed by atoms with Gasteiger partial charge in [-0.25, -0.2) is 4.79 Å². The molecule has 0 amide bonds. The van der Waals surface area contributed by atoms with Crippen LogP contribution in [0.4, 0.5) is 0 Å². The predicted molar refractivity (Wildman–Crippen MR) is 111 cm³/mol. The van der Waals surface area contributed by atoms with Crippen LogP contribution in [0.2, 0.25) is 11.1 Å². The third-order valence-electron chi connectivity index (χ3n) is 5.22. The van der Waals surface area contributed by atoms with Gasteiger partial charge in [-0.05, 0) is 52.0 Å². The van der Waals surface area contributed by atoms with Gasteiger partial charge in [-0.3, -0.25) is 0 Å². The molecule has 1 N–H and O–H groups in total. The second-order valence-electron chi connectivity index (χ2n) is 7.42. The summed E-state index contributed by atoms with van der Waals surface area (Å²) in [6.45, 7) is 10.6. The van der Waals surface area contributed by atoms with Crippen LogP contribution in [0.15, 0.2) is 42.5 Å². The molecule has 2 aromatic carbocycles. The highest BCUT2D eigenvalue weighted by atomic mass is 28.4. The van der Waals surface area contributed by atoms with Crippen molar-refractivity contribution in [2.75, 3.05) is 6.61 Å². The number of carbonyl (C=O) groups excluding carboxylic acids is 1. The summed E-state index contributed by atoms with van der Waals surface area (Å²) < 4.78 is 5.00. The maximum absolute atomic E-state index is 11.7. The molecule has 0 saturated carbocycles. The van der Waals surface area contributed by atoms with Crippen molar-refractivity contribution >= 4 is 31.1 Å². The van der Waals surface area contributed by atoms with Gasteiger partial charge in [-0.15, -0.1) is 0 Å². The summed E-state index contributed by atoms with van der Waals surface area (Å²) in [5.74, 6) is -0.341. The van der Waals surface area contributed by atoms with Crippen molar-refractivity contribution in [3.05, 3.63) is 53.6 Å². The van der Waals surface area contributed by atoms with Gasteiger partial charge in [0.15, 0.2) is 8.32 Å². The van der Waals surface area contributed by atoms with Gasteiger partial charge >= 0.3 is 5.97 Å². The summed E-state index contributed by atoms with van der Waals surface area (Å²) in [5.41, 5.74) is 2.61. The highest BCUT2D eigenvalue weighted by Crippen LogP contribution is 2.36. The first-order chi connectivity index (χ1) is 12.3. The monoisotopic (exact) mass is 370 g/mol. The van der Waals surface area contributed by atoms with E-state index in [2.05, 4.69) is 45.9 Å². The van der Waals surface area contributed by atoms with E-state index in [1.807, 2.05) is 24.3 Å². The number of ether oxygens (including phenoxy) is 1. The molecule has 0 bridgehead atoms. The highest BCUT2D eigenvalue weighted by Gasteiger charge is 2.39. The Balaban J connectivity index is 2.56. The Morgan fingerprint density at radius 1 is 1.12 bits per heavy atom. The summed E-state index contributed by atoms with van der Waals surface area (Å²) in [7, 11) is -2.52. The molecule has 0 atom stereocenters. The van der Waals surface area contributed by atoms with E-state index in [0.29, 0.717) is 12.7 Å². The quantitative estimate of drug-likeness (QED) is 0.411. The number of hydrogen-bond donors (Lipinski definition) is 1. The zero-order valence-electron chi connectivity index (χ0n) is 16.5. The van der Waals surface area contributed by atoms with E-state index in [1.54, 1.807) is 6.92 Å². The van der Waals surface area contributed by atoms with Crippen molar-refractivity contribution in [3.8, 4) is 0 Å². The van der Waals surface area contributed by atoms with Crippen molar-refractivity contribution < 1.29 is 14.3 Å². The number of rotatable bonds is 7. The largest absolute Gasteiger partial charge is 0.463 e. The Morgan fingerprint density at radius 2 is 1.77 bits per heavy atom. The fourth-order valence-electron chi connectivity index (χ4n) is 3.41. The summed E-state index contributed by atoms with van der Waals surface area (Å²) >= 11 is 0. The van der Waals surface area contributed by atoms with Gasteiger partial charge in [0.25, 0.3) is 0 Å². The second kappa shape index (κ2) is 8.65. The molecule has 0 spiro atoms. The van der Waals surface area contributed by atoms with Crippen molar-refractivity contribution in [3.63, 3.8) is 0 Å². The molecule has 0 fully saturated rings. The molecule has 4 heteroatoms. The van der Waals surface area contributed by atoms with E-state index in [1.165, 1.54) is 6.08 Å². The normalized spacial score (nSPS) is 12.5. The first kappa shape index (κ1) is 20.4. The van der Waals surface area contributed by atoms with Crippen LogP contribution >= 0.6 is 0 Å². The van der Waals surface area contributed by atoms with Crippen LogP contribution in [0.1, 0.15) is 45.7 Å². The van der Waals surface area contributed by atoms with Crippen LogP contribution in [0.25, 0.3) is 16.8 Å². The standard InChI is InChI=1S/C22H30O3Si/c1-6-25-22(23)14-13-19-12-11-18-9-7-8-10-20(18)21(19)15-26(24,16(2)3)17(4)5/h7-14,16-17,24H,6,15H2,1-5H3/b14-13-. The number of benzene rings is 2. The lowest BCUT2D eigenvalue weighted by Gasteiger charge is -2.34. The third-order valence-corrected chi connectivity index (χ3v) is 10.1. The Hall–Kier alpha value is -1.91. The molecule has 2 aromatic rings. The first-order valence-electron chi connectivity index (χ1n) is 9.37.